The molecule has 1 amide bonds. The maximum atomic E-state index is 13.2. The van der Waals surface area contributed by atoms with E-state index >= 15 is 0 Å². The minimum absolute atomic E-state index is 0.0591. The summed E-state index contributed by atoms with van der Waals surface area (Å²) in [6.45, 7) is -0.287. The molecular weight excluding hydrogens is 517 g/mol. The fourth-order valence-electron chi connectivity index (χ4n) is 3.97. The zero-order valence-corrected chi connectivity index (χ0v) is 20.9. The van der Waals surface area contributed by atoms with Crippen molar-refractivity contribution in [1.29, 1.82) is 0 Å². The molecule has 39 heavy (non-hydrogen) atoms. The Labute approximate surface area is 220 Å². The number of hydrogen-bond acceptors (Lipinski definition) is 6. The number of rotatable bonds is 9. The summed E-state index contributed by atoms with van der Waals surface area (Å²) >= 11 is 0. The Hall–Kier alpha value is -4.80. The minimum atomic E-state index is -4.48. The van der Waals surface area contributed by atoms with E-state index in [1.165, 1.54) is 44.7 Å². The van der Waals surface area contributed by atoms with Gasteiger partial charge in [-0.2, -0.15) is 13.2 Å². The summed E-state index contributed by atoms with van der Waals surface area (Å²) in [5.41, 5.74) is 0.531. The molecule has 202 valence electrons. The van der Waals surface area contributed by atoms with Crippen LogP contribution in [0.3, 0.4) is 0 Å². The number of hydrogen-bond donors (Lipinski definition) is 1. The van der Waals surface area contributed by atoms with Gasteiger partial charge in [-0.1, -0.05) is 30.3 Å². The van der Waals surface area contributed by atoms with Crippen molar-refractivity contribution >= 4 is 34.3 Å². The molecule has 0 aliphatic carbocycles. The number of carbonyl (C=O) groups is 3. The van der Waals surface area contributed by atoms with Crippen LogP contribution in [0.2, 0.25) is 0 Å². The van der Waals surface area contributed by atoms with Gasteiger partial charge in [-0.3, -0.25) is 9.59 Å². The van der Waals surface area contributed by atoms with Gasteiger partial charge in [0.25, 0.3) is 11.7 Å². The van der Waals surface area contributed by atoms with E-state index in [9.17, 15) is 27.6 Å². The van der Waals surface area contributed by atoms with E-state index in [0.717, 1.165) is 12.1 Å². The SMILES string of the molecule is COC(=O)COc1ccc(NC(=O)C(=O)c2cn(Cc3cccc(C(F)(F)F)c3)c3ccccc23)cc1OC. The molecule has 11 heteroatoms. The number of ketones is 1. The Morgan fingerprint density at radius 3 is 2.41 bits per heavy atom. The van der Waals surface area contributed by atoms with Crippen molar-refractivity contribution in [3.8, 4) is 11.5 Å². The summed E-state index contributed by atoms with van der Waals surface area (Å²) in [6.07, 6.45) is -3.03. The maximum Gasteiger partial charge on any atom is 0.416 e. The predicted molar refractivity (Wildman–Crippen MR) is 136 cm³/mol. The molecule has 0 radical (unpaired) electrons. The van der Waals surface area contributed by atoms with Crippen LogP contribution in [0.15, 0.2) is 72.9 Å². The van der Waals surface area contributed by atoms with Gasteiger partial charge in [-0.05, 0) is 35.9 Å². The Balaban J connectivity index is 1.56. The van der Waals surface area contributed by atoms with Gasteiger partial charge in [0.05, 0.1) is 25.3 Å². The number of esters is 1. The number of methoxy groups -OCH3 is 2. The second-order valence-corrected chi connectivity index (χ2v) is 8.40. The van der Waals surface area contributed by atoms with Gasteiger partial charge in [0, 0.05) is 35.4 Å². The zero-order valence-electron chi connectivity index (χ0n) is 20.9. The molecule has 0 fully saturated rings. The number of Topliss-reactive ketones (excluding diaryl/α,β-unsaturated/α-hetero) is 1. The smallest absolute Gasteiger partial charge is 0.416 e. The lowest BCUT2D eigenvalue weighted by atomic mass is 10.1. The highest BCUT2D eigenvalue weighted by Crippen LogP contribution is 2.32. The lowest BCUT2D eigenvalue weighted by Crippen LogP contribution is -2.22. The predicted octanol–water partition coefficient (Wildman–Crippen LogP) is 5.09. The average molecular weight is 540 g/mol. The molecule has 3 aromatic carbocycles. The fraction of sp³-hybridized carbons (Fsp3) is 0.179. The summed E-state index contributed by atoms with van der Waals surface area (Å²) in [5.74, 6) is -1.92. The van der Waals surface area contributed by atoms with Crippen LogP contribution in [0.4, 0.5) is 18.9 Å². The van der Waals surface area contributed by atoms with E-state index in [2.05, 4.69) is 10.1 Å². The fourth-order valence-corrected chi connectivity index (χ4v) is 3.97. The summed E-state index contributed by atoms with van der Waals surface area (Å²) in [4.78, 5) is 37.4. The minimum Gasteiger partial charge on any atom is -0.493 e. The molecule has 0 aliphatic rings. The second kappa shape index (κ2) is 11.3. The molecule has 0 aliphatic heterocycles. The number of ether oxygens (including phenoxy) is 3. The molecule has 0 saturated carbocycles. The maximum absolute atomic E-state index is 13.2. The molecule has 0 spiro atoms. The van der Waals surface area contributed by atoms with Crippen molar-refractivity contribution in [2.24, 2.45) is 0 Å². The van der Waals surface area contributed by atoms with E-state index in [1.807, 2.05) is 0 Å². The topological polar surface area (TPSA) is 95.9 Å². The molecule has 0 unspecified atom stereocenters. The summed E-state index contributed by atoms with van der Waals surface area (Å²) < 4.78 is 56.2. The first kappa shape index (κ1) is 27.2. The van der Waals surface area contributed by atoms with Gasteiger partial charge in [0.1, 0.15) is 0 Å². The van der Waals surface area contributed by atoms with Crippen molar-refractivity contribution in [1.82, 2.24) is 4.57 Å². The first-order chi connectivity index (χ1) is 18.6. The third kappa shape index (κ3) is 6.20. The summed E-state index contributed by atoms with van der Waals surface area (Å²) in [6, 6.07) is 16.1. The number of fused-ring (bicyclic) bond motifs is 1. The first-order valence-corrected chi connectivity index (χ1v) is 11.6. The number of carbonyl (C=O) groups excluding carboxylic acids is 3. The molecule has 4 rings (SSSR count). The van der Waals surface area contributed by atoms with Crippen LogP contribution >= 0.6 is 0 Å². The van der Waals surface area contributed by atoms with Gasteiger partial charge in [-0.25, -0.2) is 4.79 Å². The third-order valence-electron chi connectivity index (χ3n) is 5.84. The van der Waals surface area contributed by atoms with E-state index in [0.29, 0.717) is 16.5 Å². The van der Waals surface area contributed by atoms with Crippen LogP contribution in [-0.4, -0.2) is 43.1 Å². The third-order valence-corrected chi connectivity index (χ3v) is 5.84. The average Bonchev–Trinajstić information content (AvgIpc) is 3.29. The van der Waals surface area contributed by atoms with E-state index in [-0.39, 0.29) is 35.9 Å². The summed E-state index contributed by atoms with van der Waals surface area (Å²) in [5, 5.41) is 3.00. The van der Waals surface area contributed by atoms with Crippen LogP contribution < -0.4 is 14.8 Å². The van der Waals surface area contributed by atoms with E-state index < -0.39 is 29.4 Å². The highest BCUT2D eigenvalue weighted by molar-refractivity contribution is 6.48. The highest BCUT2D eigenvalue weighted by atomic mass is 19.4. The number of alkyl halides is 3. The van der Waals surface area contributed by atoms with E-state index in [1.54, 1.807) is 34.9 Å². The van der Waals surface area contributed by atoms with Crippen LogP contribution in [0, 0.1) is 0 Å². The van der Waals surface area contributed by atoms with Crippen LogP contribution in [0.5, 0.6) is 11.5 Å². The monoisotopic (exact) mass is 540 g/mol. The van der Waals surface area contributed by atoms with Gasteiger partial charge < -0.3 is 24.1 Å². The lowest BCUT2D eigenvalue weighted by Gasteiger charge is -2.12. The Morgan fingerprint density at radius 1 is 0.923 bits per heavy atom. The number of para-hydroxylation sites is 1. The van der Waals surface area contributed by atoms with Crippen LogP contribution in [0.25, 0.3) is 10.9 Å². The van der Waals surface area contributed by atoms with Gasteiger partial charge in [-0.15, -0.1) is 0 Å². The van der Waals surface area contributed by atoms with Crippen molar-refractivity contribution < 1.29 is 41.8 Å². The normalized spacial score (nSPS) is 11.2. The van der Waals surface area contributed by atoms with Crippen LogP contribution in [0.1, 0.15) is 21.5 Å². The molecular formula is C28H23F3N2O6. The Kier molecular flexibility index (Phi) is 7.89. The Bertz CT molecular complexity index is 1540. The zero-order chi connectivity index (χ0) is 28.2. The second-order valence-electron chi connectivity index (χ2n) is 8.40. The standard InChI is InChI=1S/C28H23F3N2O6/c1-37-24-13-19(10-11-23(24)39-16-25(34)38-2)32-27(36)26(35)21-15-33(22-9-4-3-8-20(21)22)14-17-6-5-7-18(12-17)28(29,30)31/h3-13,15H,14,16H2,1-2H3,(H,32,36). The summed E-state index contributed by atoms with van der Waals surface area (Å²) in [7, 11) is 2.59. The molecule has 0 atom stereocenters. The number of aromatic nitrogens is 1. The number of nitrogens with one attached hydrogen (secondary N) is 1. The van der Waals surface area contributed by atoms with Crippen molar-refractivity contribution in [2.45, 2.75) is 12.7 Å². The highest BCUT2D eigenvalue weighted by Gasteiger charge is 2.30. The number of amides is 1. The molecule has 1 heterocycles. The van der Waals surface area contributed by atoms with Gasteiger partial charge in [0.2, 0.25) is 0 Å². The molecule has 1 aromatic heterocycles. The van der Waals surface area contributed by atoms with Crippen molar-refractivity contribution in [3.63, 3.8) is 0 Å². The van der Waals surface area contributed by atoms with Crippen LogP contribution in [-0.2, 0) is 27.0 Å². The molecule has 4 aromatic rings. The van der Waals surface area contributed by atoms with Gasteiger partial charge in [0.15, 0.2) is 18.1 Å². The number of anilines is 1. The van der Waals surface area contributed by atoms with E-state index in [4.69, 9.17) is 9.47 Å². The number of halogens is 3. The van der Waals surface area contributed by atoms with Crippen molar-refractivity contribution in [3.05, 3.63) is 89.6 Å². The number of nitrogens with zero attached hydrogens (tertiary/aromatic N) is 1. The number of benzene rings is 3. The largest absolute Gasteiger partial charge is 0.493 e. The quantitative estimate of drug-likeness (QED) is 0.181. The molecule has 0 saturated heterocycles. The van der Waals surface area contributed by atoms with Crippen molar-refractivity contribution in [2.75, 3.05) is 26.1 Å². The first-order valence-electron chi connectivity index (χ1n) is 11.6. The van der Waals surface area contributed by atoms with Gasteiger partial charge >= 0.3 is 12.1 Å². The Morgan fingerprint density at radius 2 is 1.69 bits per heavy atom. The molecule has 8 nitrogen and oxygen atoms in total. The lowest BCUT2D eigenvalue weighted by molar-refractivity contribution is -0.143. The molecule has 0 bridgehead atoms. The molecule has 1 N–H and O–H groups in total.